The van der Waals surface area contributed by atoms with E-state index in [1.807, 2.05) is 7.05 Å². The lowest BCUT2D eigenvalue weighted by atomic mass is 10.1. The first-order valence-corrected chi connectivity index (χ1v) is 4.29. The molecule has 1 heterocycles. The minimum absolute atomic E-state index is 0.586. The van der Waals surface area contributed by atoms with Crippen LogP contribution in [0.25, 0.3) is 0 Å². The molecule has 64 valence electrons. The zero-order valence-electron chi connectivity index (χ0n) is 6.94. The minimum Gasteiger partial charge on any atom is -0.314 e. The van der Waals surface area contributed by atoms with Crippen LogP contribution in [0.3, 0.4) is 0 Å². The number of hydrogen-bond acceptors (Lipinski definition) is 2. The van der Waals surface area contributed by atoms with E-state index in [0.29, 0.717) is 12.6 Å². The van der Waals surface area contributed by atoms with E-state index < -0.39 is 5.67 Å². The number of hydrogen-bond donors (Lipinski definition) is 1. The monoisotopic (exact) mass is 158 g/mol. The Morgan fingerprint density at radius 3 is 2.55 bits per heavy atom. The Balaban J connectivity index is 1.76. The third kappa shape index (κ3) is 1.54. The SMILES string of the molecule is CN(CC1(F)CC1)C1CNC1. The Labute approximate surface area is 66.8 Å². The quantitative estimate of drug-likeness (QED) is 0.639. The molecule has 2 fully saturated rings. The Morgan fingerprint density at radius 2 is 2.18 bits per heavy atom. The smallest absolute Gasteiger partial charge is 0.123 e. The van der Waals surface area contributed by atoms with Crippen molar-refractivity contribution in [3.63, 3.8) is 0 Å². The van der Waals surface area contributed by atoms with Crippen LogP contribution < -0.4 is 5.32 Å². The fourth-order valence-electron chi connectivity index (χ4n) is 1.45. The molecular weight excluding hydrogens is 143 g/mol. The van der Waals surface area contributed by atoms with Gasteiger partial charge in [0.1, 0.15) is 5.67 Å². The van der Waals surface area contributed by atoms with Gasteiger partial charge in [-0.2, -0.15) is 0 Å². The molecule has 0 aromatic rings. The molecule has 1 saturated heterocycles. The summed E-state index contributed by atoms with van der Waals surface area (Å²) in [5.41, 5.74) is -0.815. The zero-order valence-corrected chi connectivity index (χ0v) is 6.94. The van der Waals surface area contributed by atoms with Crippen molar-refractivity contribution in [1.29, 1.82) is 0 Å². The molecule has 0 radical (unpaired) electrons. The number of rotatable bonds is 3. The molecule has 1 aliphatic carbocycles. The molecule has 11 heavy (non-hydrogen) atoms. The van der Waals surface area contributed by atoms with Crippen LogP contribution in [0, 0.1) is 0 Å². The first-order valence-electron chi connectivity index (χ1n) is 4.29. The first-order chi connectivity index (χ1) is 5.20. The van der Waals surface area contributed by atoms with Crippen molar-refractivity contribution in [2.75, 3.05) is 26.7 Å². The molecule has 0 atom stereocenters. The van der Waals surface area contributed by atoms with E-state index in [-0.39, 0.29) is 0 Å². The molecular formula is C8H15FN2. The van der Waals surface area contributed by atoms with Gasteiger partial charge in [-0.1, -0.05) is 0 Å². The second kappa shape index (κ2) is 2.42. The number of nitrogens with zero attached hydrogens (tertiary/aromatic N) is 1. The number of likely N-dealkylation sites (N-methyl/N-ethyl adjacent to an activating group) is 1. The first kappa shape index (κ1) is 7.50. The molecule has 0 aromatic carbocycles. The van der Waals surface area contributed by atoms with Crippen molar-refractivity contribution in [2.24, 2.45) is 0 Å². The lowest BCUT2D eigenvalue weighted by molar-refractivity contribution is 0.127. The van der Waals surface area contributed by atoms with E-state index in [4.69, 9.17) is 0 Å². The third-order valence-electron chi connectivity index (χ3n) is 2.71. The molecule has 2 aliphatic rings. The van der Waals surface area contributed by atoms with Crippen molar-refractivity contribution >= 4 is 0 Å². The fraction of sp³-hybridized carbons (Fsp3) is 1.00. The second-order valence-corrected chi connectivity index (χ2v) is 3.88. The van der Waals surface area contributed by atoms with Gasteiger partial charge in [0.25, 0.3) is 0 Å². The van der Waals surface area contributed by atoms with Crippen LogP contribution >= 0.6 is 0 Å². The normalized spacial score (nSPS) is 28.6. The zero-order chi connectivity index (χ0) is 7.90. The lowest BCUT2D eigenvalue weighted by Crippen LogP contribution is -2.57. The Kier molecular flexibility index (Phi) is 1.65. The maximum atomic E-state index is 13.2. The van der Waals surface area contributed by atoms with Crippen molar-refractivity contribution in [3.8, 4) is 0 Å². The second-order valence-electron chi connectivity index (χ2n) is 3.88. The summed E-state index contributed by atoms with van der Waals surface area (Å²) in [6.07, 6.45) is 1.55. The standard InChI is InChI=1S/C8H15FN2/c1-11(7-4-10-5-7)6-8(9)2-3-8/h7,10H,2-6H2,1H3. The van der Waals surface area contributed by atoms with Gasteiger partial charge >= 0.3 is 0 Å². The third-order valence-corrected chi connectivity index (χ3v) is 2.71. The van der Waals surface area contributed by atoms with Crippen molar-refractivity contribution in [3.05, 3.63) is 0 Å². The Morgan fingerprint density at radius 1 is 1.55 bits per heavy atom. The molecule has 0 unspecified atom stereocenters. The average Bonchev–Trinajstić information content (AvgIpc) is 2.41. The maximum Gasteiger partial charge on any atom is 0.123 e. The molecule has 0 bridgehead atoms. The van der Waals surface area contributed by atoms with Crippen molar-refractivity contribution < 1.29 is 4.39 Å². The van der Waals surface area contributed by atoms with Crippen molar-refractivity contribution in [2.45, 2.75) is 24.6 Å². The van der Waals surface area contributed by atoms with Gasteiger partial charge in [-0.3, -0.25) is 4.90 Å². The lowest BCUT2D eigenvalue weighted by Gasteiger charge is -2.36. The van der Waals surface area contributed by atoms with E-state index >= 15 is 0 Å². The van der Waals surface area contributed by atoms with Gasteiger partial charge in [0, 0.05) is 25.7 Å². The molecule has 1 aliphatic heterocycles. The highest BCUT2D eigenvalue weighted by Crippen LogP contribution is 2.40. The topological polar surface area (TPSA) is 15.3 Å². The largest absolute Gasteiger partial charge is 0.314 e. The van der Waals surface area contributed by atoms with Gasteiger partial charge in [0.15, 0.2) is 0 Å². The van der Waals surface area contributed by atoms with E-state index in [2.05, 4.69) is 10.2 Å². The molecule has 3 heteroatoms. The Hall–Kier alpha value is -0.150. The highest BCUT2D eigenvalue weighted by molar-refractivity contribution is 4.98. The van der Waals surface area contributed by atoms with E-state index in [9.17, 15) is 4.39 Å². The summed E-state index contributed by atoms with van der Waals surface area (Å²) < 4.78 is 13.2. The number of alkyl halides is 1. The molecule has 2 nitrogen and oxygen atoms in total. The molecule has 2 rings (SSSR count). The van der Waals surface area contributed by atoms with Gasteiger partial charge < -0.3 is 5.32 Å². The van der Waals surface area contributed by atoms with Crippen LogP contribution in [0.15, 0.2) is 0 Å². The van der Waals surface area contributed by atoms with Crippen LogP contribution in [0.4, 0.5) is 4.39 Å². The summed E-state index contributed by atoms with van der Waals surface area (Å²) in [4.78, 5) is 2.14. The molecule has 1 N–H and O–H groups in total. The summed E-state index contributed by atoms with van der Waals surface area (Å²) in [7, 11) is 2.02. The molecule has 0 amide bonds. The maximum absolute atomic E-state index is 13.2. The van der Waals surface area contributed by atoms with E-state index in [0.717, 1.165) is 25.9 Å². The number of nitrogens with one attached hydrogen (secondary N) is 1. The predicted octanol–water partition coefficient (Wildman–Crippen LogP) is 0.392. The van der Waals surface area contributed by atoms with Gasteiger partial charge in [0.05, 0.1) is 0 Å². The van der Waals surface area contributed by atoms with Crippen LogP contribution in [0.2, 0.25) is 0 Å². The van der Waals surface area contributed by atoms with Gasteiger partial charge in [-0.25, -0.2) is 4.39 Å². The van der Waals surface area contributed by atoms with Gasteiger partial charge in [-0.05, 0) is 19.9 Å². The van der Waals surface area contributed by atoms with Crippen molar-refractivity contribution in [1.82, 2.24) is 10.2 Å². The summed E-state index contributed by atoms with van der Waals surface area (Å²) >= 11 is 0. The van der Waals surface area contributed by atoms with E-state index in [1.165, 1.54) is 0 Å². The Bertz CT molecular complexity index is 152. The van der Waals surface area contributed by atoms with Crippen LogP contribution in [0.1, 0.15) is 12.8 Å². The van der Waals surface area contributed by atoms with Crippen LogP contribution in [0.5, 0.6) is 0 Å². The van der Waals surface area contributed by atoms with Gasteiger partial charge in [0.2, 0.25) is 0 Å². The average molecular weight is 158 g/mol. The summed E-state index contributed by atoms with van der Waals surface area (Å²) in [6, 6.07) is 0.586. The number of halogens is 1. The highest BCUT2D eigenvalue weighted by atomic mass is 19.1. The fourth-order valence-corrected chi connectivity index (χ4v) is 1.45. The molecule has 0 spiro atoms. The van der Waals surface area contributed by atoms with Crippen LogP contribution in [-0.2, 0) is 0 Å². The van der Waals surface area contributed by atoms with Crippen LogP contribution in [-0.4, -0.2) is 43.3 Å². The minimum atomic E-state index is -0.815. The predicted molar refractivity (Wildman–Crippen MR) is 42.4 cm³/mol. The highest BCUT2D eigenvalue weighted by Gasteiger charge is 2.45. The molecule has 0 aromatic heterocycles. The summed E-state index contributed by atoms with van der Waals surface area (Å²) in [5, 5.41) is 3.18. The molecule has 1 saturated carbocycles. The summed E-state index contributed by atoms with van der Waals surface area (Å²) in [6.45, 7) is 2.71. The summed E-state index contributed by atoms with van der Waals surface area (Å²) in [5.74, 6) is 0. The van der Waals surface area contributed by atoms with E-state index in [1.54, 1.807) is 0 Å². The van der Waals surface area contributed by atoms with Gasteiger partial charge in [-0.15, -0.1) is 0 Å².